The summed E-state index contributed by atoms with van der Waals surface area (Å²) in [7, 11) is 0. The highest BCUT2D eigenvalue weighted by Gasteiger charge is 2.29. The Kier molecular flexibility index (Phi) is 3.15. The van der Waals surface area contributed by atoms with Crippen molar-refractivity contribution in [3.8, 4) is 0 Å². The van der Waals surface area contributed by atoms with Crippen molar-refractivity contribution in [1.82, 2.24) is 9.88 Å². The number of hydrogen-bond donors (Lipinski definition) is 1. The maximum Gasteiger partial charge on any atom is 0.0388 e. The summed E-state index contributed by atoms with van der Waals surface area (Å²) in [6, 6.07) is 2.89. The summed E-state index contributed by atoms with van der Waals surface area (Å²) in [6.45, 7) is 9.37. The first-order valence-electron chi connectivity index (χ1n) is 6.14. The van der Waals surface area contributed by atoms with Crippen molar-refractivity contribution in [2.45, 2.75) is 39.7 Å². The molecule has 84 valence electrons. The number of rotatable bonds is 3. The monoisotopic (exact) mass is 206 g/mol. The molecular formula is C13H22N2. The van der Waals surface area contributed by atoms with E-state index in [4.69, 9.17) is 0 Å². The number of fused-ring (bicyclic) bond motifs is 1. The third-order valence-electron chi connectivity index (χ3n) is 3.37. The van der Waals surface area contributed by atoms with E-state index in [2.05, 4.69) is 42.9 Å². The van der Waals surface area contributed by atoms with E-state index in [1.807, 2.05) is 0 Å². The van der Waals surface area contributed by atoms with Crippen LogP contribution in [-0.4, -0.2) is 23.0 Å². The second-order valence-electron chi connectivity index (χ2n) is 4.89. The molecule has 15 heavy (non-hydrogen) atoms. The third kappa shape index (κ3) is 1.96. The second-order valence-corrected chi connectivity index (χ2v) is 4.89. The van der Waals surface area contributed by atoms with Gasteiger partial charge in [-0.2, -0.15) is 0 Å². The van der Waals surface area contributed by atoms with Gasteiger partial charge in [0.1, 0.15) is 0 Å². The van der Waals surface area contributed by atoms with E-state index in [0.29, 0.717) is 12.0 Å². The van der Waals surface area contributed by atoms with Crippen LogP contribution in [0.1, 0.15) is 44.5 Å². The van der Waals surface area contributed by atoms with Crippen molar-refractivity contribution in [1.29, 1.82) is 0 Å². The lowest BCUT2D eigenvalue weighted by Crippen LogP contribution is -2.38. The van der Waals surface area contributed by atoms with Crippen molar-refractivity contribution in [3.63, 3.8) is 0 Å². The second kappa shape index (κ2) is 4.40. The molecule has 1 aromatic heterocycles. The Morgan fingerprint density at radius 1 is 1.53 bits per heavy atom. The van der Waals surface area contributed by atoms with Crippen LogP contribution in [-0.2, 0) is 6.42 Å². The summed E-state index contributed by atoms with van der Waals surface area (Å²) in [6.07, 6.45) is 4.53. The molecule has 2 heteroatoms. The standard InChI is InChI=1S/C13H22N2/c1-4-8-15-9-6-12-11(5-7-14-12)13(15)10(2)3/h5,7,10,13-14H,4,6,8-9H2,1-3H3/t13-/m0/s1. The molecule has 1 aliphatic heterocycles. The van der Waals surface area contributed by atoms with Crippen LogP contribution in [0.3, 0.4) is 0 Å². The zero-order valence-electron chi connectivity index (χ0n) is 10.1. The van der Waals surface area contributed by atoms with Crippen molar-refractivity contribution < 1.29 is 0 Å². The minimum atomic E-state index is 0.625. The van der Waals surface area contributed by atoms with Gasteiger partial charge in [-0.3, -0.25) is 4.90 Å². The molecule has 2 nitrogen and oxygen atoms in total. The maximum atomic E-state index is 3.38. The van der Waals surface area contributed by atoms with Gasteiger partial charge in [0, 0.05) is 30.9 Å². The number of hydrogen-bond acceptors (Lipinski definition) is 1. The van der Waals surface area contributed by atoms with E-state index >= 15 is 0 Å². The fourth-order valence-electron chi connectivity index (χ4n) is 2.82. The van der Waals surface area contributed by atoms with Crippen LogP contribution >= 0.6 is 0 Å². The van der Waals surface area contributed by atoms with Gasteiger partial charge in [-0.05, 0) is 30.5 Å². The molecule has 0 amide bonds. The molecule has 0 saturated heterocycles. The average molecular weight is 206 g/mol. The van der Waals surface area contributed by atoms with Gasteiger partial charge in [-0.1, -0.05) is 20.8 Å². The van der Waals surface area contributed by atoms with E-state index in [-0.39, 0.29) is 0 Å². The average Bonchev–Trinajstić information content (AvgIpc) is 2.64. The van der Waals surface area contributed by atoms with E-state index in [1.54, 1.807) is 0 Å². The Labute approximate surface area is 92.7 Å². The summed E-state index contributed by atoms with van der Waals surface area (Å²) in [5.74, 6) is 0.700. The Balaban J connectivity index is 2.26. The zero-order chi connectivity index (χ0) is 10.8. The highest BCUT2D eigenvalue weighted by molar-refractivity contribution is 5.27. The quantitative estimate of drug-likeness (QED) is 0.805. The van der Waals surface area contributed by atoms with Gasteiger partial charge in [-0.25, -0.2) is 0 Å². The molecule has 0 saturated carbocycles. The molecule has 1 N–H and O–H groups in total. The molecule has 0 spiro atoms. The topological polar surface area (TPSA) is 19.0 Å². The SMILES string of the molecule is CCCN1CCc2[nH]ccc2[C@@H]1C(C)C. The number of aromatic amines is 1. The van der Waals surface area contributed by atoms with Gasteiger partial charge >= 0.3 is 0 Å². The van der Waals surface area contributed by atoms with E-state index < -0.39 is 0 Å². The minimum Gasteiger partial charge on any atom is -0.365 e. The largest absolute Gasteiger partial charge is 0.365 e. The number of nitrogens with one attached hydrogen (secondary N) is 1. The zero-order valence-corrected chi connectivity index (χ0v) is 10.1. The van der Waals surface area contributed by atoms with Crippen LogP contribution in [0, 0.1) is 5.92 Å². The number of H-pyrrole nitrogens is 1. The lowest BCUT2D eigenvalue weighted by molar-refractivity contribution is 0.144. The molecule has 1 aliphatic rings. The van der Waals surface area contributed by atoms with Crippen molar-refractivity contribution in [2.24, 2.45) is 5.92 Å². The summed E-state index contributed by atoms with van der Waals surface area (Å²) < 4.78 is 0. The van der Waals surface area contributed by atoms with Crippen LogP contribution in [0.5, 0.6) is 0 Å². The van der Waals surface area contributed by atoms with E-state index in [9.17, 15) is 0 Å². The molecular weight excluding hydrogens is 184 g/mol. The third-order valence-corrected chi connectivity index (χ3v) is 3.37. The minimum absolute atomic E-state index is 0.625. The number of nitrogens with zero attached hydrogens (tertiary/aromatic N) is 1. The molecule has 0 bridgehead atoms. The van der Waals surface area contributed by atoms with Crippen LogP contribution in [0.25, 0.3) is 0 Å². The summed E-state index contributed by atoms with van der Waals surface area (Å²) in [5, 5.41) is 0. The van der Waals surface area contributed by atoms with Crippen LogP contribution in [0.15, 0.2) is 12.3 Å². The Morgan fingerprint density at radius 2 is 2.33 bits per heavy atom. The van der Waals surface area contributed by atoms with Gasteiger partial charge in [0.05, 0.1) is 0 Å². The summed E-state index contributed by atoms with van der Waals surface area (Å²) >= 11 is 0. The molecule has 0 unspecified atom stereocenters. The normalized spacial score (nSPS) is 22.0. The first kappa shape index (κ1) is 10.7. The molecule has 0 aliphatic carbocycles. The van der Waals surface area contributed by atoms with Gasteiger partial charge in [-0.15, -0.1) is 0 Å². The fraction of sp³-hybridized carbons (Fsp3) is 0.692. The molecule has 0 aromatic carbocycles. The van der Waals surface area contributed by atoms with Gasteiger partial charge in [0.15, 0.2) is 0 Å². The molecule has 1 atom stereocenters. The van der Waals surface area contributed by atoms with Crippen molar-refractivity contribution >= 4 is 0 Å². The van der Waals surface area contributed by atoms with Crippen LogP contribution < -0.4 is 0 Å². The van der Waals surface area contributed by atoms with Gasteiger partial charge < -0.3 is 4.98 Å². The summed E-state index contributed by atoms with van der Waals surface area (Å²) in [4.78, 5) is 6.02. The van der Waals surface area contributed by atoms with Gasteiger partial charge in [0.25, 0.3) is 0 Å². The molecule has 1 aromatic rings. The first-order valence-corrected chi connectivity index (χ1v) is 6.14. The van der Waals surface area contributed by atoms with Crippen LogP contribution in [0.4, 0.5) is 0 Å². The number of aromatic nitrogens is 1. The predicted octanol–water partition coefficient (Wildman–Crippen LogP) is 2.98. The lowest BCUT2D eigenvalue weighted by Gasteiger charge is -2.38. The molecule has 2 rings (SSSR count). The molecule has 0 radical (unpaired) electrons. The van der Waals surface area contributed by atoms with Gasteiger partial charge in [0.2, 0.25) is 0 Å². The van der Waals surface area contributed by atoms with E-state index in [0.717, 1.165) is 0 Å². The van der Waals surface area contributed by atoms with Crippen molar-refractivity contribution in [3.05, 3.63) is 23.5 Å². The Morgan fingerprint density at radius 3 is 3.00 bits per heavy atom. The molecule has 2 heterocycles. The fourth-order valence-corrected chi connectivity index (χ4v) is 2.82. The summed E-state index contributed by atoms with van der Waals surface area (Å²) in [5.41, 5.74) is 2.99. The van der Waals surface area contributed by atoms with Crippen molar-refractivity contribution in [2.75, 3.05) is 13.1 Å². The highest BCUT2D eigenvalue weighted by Crippen LogP contribution is 2.34. The lowest BCUT2D eigenvalue weighted by atomic mass is 9.90. The Hall–Kier alpha value is -0.760. The highest BCUT2D eigenvalue weighted by atomic mass is 15.2. The first-order chi connectivity index (χ1) is 7.24. The smallest absolute Gasteiger partial charge is 0.0388 e. The molecule has 0 fully saturated rings. The maximum absolute atomic E-state index is 3.38. The predicted molar refractivity (Wildman–Crippen MR) is 63.9 cm³/mol. The van der Waals surface area contributed by atoms with Crippen LogP contribution in [0.2, 0.25) is 0 Å². The van der Waals surface area contributed by atoms with E-state index in [1.165, 1.54) is 37.2 Å². The Bertz CT molecular complexity index is 314.